The molecule has 0 N–H and O–H groups in total. The van der Waals surface area contributed by atoms with Gasteiger partial charge in [0.15, 0.2) is 0 Å². The van der Waals surface area contributed by atoms with E-state index in [4.69, 9.17) is 4.74 Å². The minimum atomic E-state index is -0.458. The lowest BCUT2D eigenvalue weighted by molar-refractivity contribution is -0.141. The average Bonchev–Trinajstić information content (AvgIpc) is 3.02. The van der Waals surface area contributed by atoms with Gasteiger partial charge in [-0.3, -0.25) is 4.79 Å². The maximum atomic E-state index is 12.2. The minimum Gasteiger partial charge on any atom is -0.444 e. The summed E-state index contributed by atoms with van der Waals surface area (Å²) in [7, 11) is 0. The standard InChI is InChI=1S/C19H26N2O3S/c1-18(2,3)24-17(23)20-10-8-19(9-11-20)13-21(14-19)16(22)7-6-15-5-4-12-25-15/h4-7,12H,8-11,13-14H2,1-3H3/b7-6+. The molecule has 0 bridgehead atoms. The van der Waals surface area contributed by atoms with E-state index >= 15 is 0 Å². The second-order valence-corrected chi connectivity index (χ2v) is 8.99. The van der Waals surface area contributed by atoms with Gasteiger partial charge in [0.1, 0.15) is 5.60 Å². The van der Waals surface area contributed by atoms with Gasteiger partial charge in [-0.25, -0.2) is 4.79 Å². The first-order valence-electron chi connectivity index (χ1n) is 8.75. The van der Waals surface area contributed by atoms with Crippen LogP contribution >= 0.6 is 11.3 Å². The van der Waals surface area contributed by atoms with Crippen molar-refractivity contribution in [1.82, 2.24) is 9.80 Å². The Kier molecular flexibility index (Phi) is 4.91. The van der Waals surface area contributed by atoms with E-state index in [1.807, 2.05) is 49.3 Å². The molecular weight excluding hydrogens is 336 g/mol. The molecule has 6 heteroatoms. The number of rotatable bonds is 2. The summed E-state index contributed by atoms with van der Waals surface area (Å²) >= 11 is 1.62. The first kappa shape index (κ1) is 18.0. The highest BCUT2D eigenvalue weighted by atomic mass is 32.1. The minimum absolute atomic E-state index is 0.0774. The molecule has 1 aromatic rings. The van der Waals surface area contributed by atoms with Crippen molar-refractivity contribution in [1.29, 1.82) is 0 Å². The molecule has 1 spiro atoms. The zero-order chi connectivity index (χ0) is 18.1. The highest BCUT2D eigenvalue weighted by Crippen LogP contribution is 2.40. The van der Waals surface area contributed by atoms with Crippen LogP contribution in [0.25, 0.3) is 6.08 Å². The number of likely N-dealkylation sites (tertiary alicyclic amines) is 2. The Morgan fingerprint density at radius 2 is 1.88 bits per heavy atom. The Morgan fingerprint density at radius 3 is 2.44 bits per heavy atom. The Balaban J connectivity index is 1.45. The Hall–Kier alpha value is -1.82. The van der Waals surface area contributed by atoms with E-state index in [-0.39, 0.29) is 17.4 Å². The molecule has 136 valence electrons. The summed E-state index contributed by atoms with van der Waals surface area (Å²) in [4.78, 5) is 29.1. The number of hydrogen-bond acceptors (Lipinski definition) is 4. The second-order valence-electron chi connectivity index (χ2n) is 8.01. The maximum Gasteiger partial charge on any atom is 0.410 e. The van der Waals surface area contributed by atoms with E-state index in [9.17, 15) is 9.59 Å². The van der Waals surface area contributed by atoms with Crippen LogP contribution in [0, 0.1) is 5.41 Å². The molecule has 3 heterocycles. The van der Waals surface area contributed by atoms with Gasteiger partial charge < -0.3 is 14.5 Å². The molecule has 2 aliphatic rings. The van der Waals surface area contributed by atoms with E-state index in [1.54, 1.807) is 22.3 Å². The van der Waals surface area contributed by atoms with Gasteiger partial charge >= 0.3 is 6.09 Å². The Morgan fingerprint density at radius 1 is 1.20 bits per heavy atom. The van der Waals surface area contributed by atoms with Crippen molar-refractivity contribution >= 4 is 29.4 Å². The van der Waals surface area contributed by atoms with Gasteiger partial charge in [-0.15, -0.1) is 11.3 Å². The van der Waals surface area contributed by atoms with Crippen molar-refractivity contribution < 1.29 is 14.3 Å². The van der Waals surface area contributed by atoms with Crippen LogP contribution in [-0.4, -0.2) is 53.6 Å². The van der Waals surface area contributed by atoms with Crippen molar-refractivity contribution in [2.45, 2.75) is 39.2 Å². The highest BCUT2D eigenvalue weighted by molar-refractivity contribution is 7.10. The third-order valence-corrected chi connectivity index (χ3v) is 5.61. The number of nitrogens with zero attached hydrogens (tertiary/aromatic N) is 2. The average molecular weight is 362 g/mol. The van der Waals surface area contributed by atoms with Crippen LogP contribution in [0.5, 0.6) is 0 Å². The maximum absolute atomic E-state index is 12.2. The van der Waals surface area contributed by atoms with Crippen molar-refractivity contribution in [3.05, 3.63) is 28.5 Å². The van der Waals surface area contributed by atoms with Crippen molar-refractivity contribution in [3.63, 3.8) is 0 Å². The van der Waals surface area contributed by atoms with Crippen LogP contribution in [0.4, 0.5) is 4.79 Å². The van der Waals surface area contributed by atoms with Crippen LogP contribution in [0.3, 0.4) is 0 Å². The van der Waals surface area contributed by atoms with E-state index in [1.165, 1.54) is 0 Å². The predicted molar refractivity (Wildman–Crippen MR) is 99.4 cm³/mol. The number of ether oxygens (including phenoxy) is 1. The molecule has 0 atom stereocenters. The van der Waals surface area contributed by atoms with Gasteiger partial charge in [-0.2, -0.15) is 0 Å². The van der Waals surface area contributed by atoms with Crippen LogP contribution in [0.15, 0.2) is 23.6 Å². The fourth-order valence-corrected chi connectivity index (χ4v) is 3.99. The molecule has 1 aromatic heterocycles. The Bertz CT molecular complexity index is 645. The molecule has 3 rings (SSSR count). The van der Waals surface area contributed by atoms with Gasteiger partial charge in [-0.05, 0) is 51.1 Å². The van der Waals surface area contributed by atoms with Gasteiger partial charge in [0, 0.05) is 42.5 Å². The molecule has 5 nitrogen and oxygen atoms in total. The molecule has 0 saturated carbocycles. The van der Waals surface area contributed by atoms with E-state index in [0.29, 0.717) is 13.1 Å². The van der Waals surface area contributed by atoms with Crippen LogP contribution in [0.2, 0.25) is 0 Å². The monoisotopic (exact) mass is 362 g/mol. The normalized spacial score (nSPS) is 20.0. The number of carbonyl (C=O) groups is 2. The summed E-state index contributed by atoms with van der Waals surface area (Å²) in [6.45, 7) is 8.66. The van der Waals surface area contributed by atoms with E-state index < -0.39 is 5.60 Å². The number of piperidine rings is 1. The molecule has 0 aromatic carbocycles. The number of carbonyl (C=O) groups excluding carboxylic acids is 2. The van der Waals surface area contributed by atoms with Gasteiger partial charge in [0.05, 0.1) is 0 Å². The number of thiophene rings is 1. The van der Waals surface area contributed by atoms with Crippen molar-refractivity contribution in [2.24, 2.45) is 5.41 Å². The third-order valence-electron chi connectivity index (χ3n) is 4.77. The van der Waals surface area contributed by atoms with Crippen molar-refractivity contribution in [3.8, 4) is 0 Å². The molecule has 0 aliphatic carbocycles. The predicted octanol–water partition coefficient (Wildman–Crippen LogP) is 3.62. The zero-order valence-corrected chi connectivity index (χ0v) is 16.0. The summed E-state index contributed by atoms with van der Waals surface area (Å²) in [5, 5.41) is 2.00. The largest absolute Gasteiger partial charge is 0.444 e. The van der Waals surface area contributed by atoms with Crippen LogP contribution in [0.1, 0.15) is 38.5 Å². The topological polar surface area (TPSA) is 49.9 Å². The lowest BCUT2D eigenvalue weighted by atomic mass is 9.72. The second kappa shape index (κ2) is 6.83. The molecule has 2 amide bonds. The van der Waals surface area contributed by atoms with E-state index in [2.05, 4.69) is 0 Å². The first-order chi connectivity index (χ1) is 11.8. The summed E-state index contributed by atoms with van der Waals surface area (Å²) in [5.41, 5.74) is -0.272. The SMILES string of the molecule is CC(C)(C)OC(=O)N1CCC2(CC1)CN(C(=O)/C=C/c1cccs1)C2. The highest BCUT2D eigenvalue weighted by Gasteiger charge is 2.47. The van der Waals surface area contributed by atoms with Gasteiger partial charge in [-0.1, -0.05) is 6.07 Å². The third kappa shape index (κ3) is 4.42. The van der Waals surface area contributed by atoms with Crippen LogP contribution in [-0.2, 0) is 9.53 Å². The number of amides is 2. The zero-order valence-electron chi connectivity index (χ0n) is 15.2. The smallest absolute Gasteiger partial charge is 0.410 e. The quantitative estimate of drug-likeness (QED) is 0.755. The van der Waals surface area contributed by atoms with Gasteiger partial charge in [0.2, 0.25) is 5.91 Å². The fourth-order valence-electron chi connectivity index (χ4n) is 3.37. The van der Waals surface area contributed by atoms with Gasteiger partial charge in [0.25, 0.3) is 0 Å². The summed E-state index contributed by atoms with van der Waals surface area (Å²) in [6.07, 6.45) is 5.18. The molecule has 0 unspecified atom stereocenters. The van der Waals surface area contributed by atoms with Crippen molar-refractivity contribution in [2.75, 3.05) is 26.2 Å². The molecular formula is C19H26N2O3S. The fraction of sp³-hybridized carbons (Fsp3) is 0.579. The summed E-state index contributed by atoms with van der Waals surface area (Å²) in [5.74, 6) is 0.0774. The molecule has 2 saturated heterocycles. The first-order valence-corrected chi connectivity index (χ1v) is 9.63. The summed E-state index contributed by atoms with van der Waals surface area (Å²) < 4.78 is 5.44. The van der Waals surface area contributed by atoms with Crippen LogP contribution < -0.4 is 0 Å². The number of hydrogen-bond donors (Lipinski definition) is 0. The summed E-state index contributed by atoms with van der Waals surface area (Å²) in [6, 6.07) is 3.98. The van der Waals surface area contributed by atoms with E-state index in [0.717, 1.165) is 30.8 Å². The molecule has 0 radical (unpaired) electrons. The molecule has 2 fully saturated rings. The lowest BCUT2D eigenvalue weighted by Gasteiger charge is -2.53. The Labute approximate surface area is 153 Å². The molecule has 2 aliphatic heterocycles. The molecule has 25 heavy (non-hydrogen) atoms. The lowest BCUT2D eigenvalue weighted by Crippen LogP contribution is -2.62.